The van der Waals surface area contributed by atoms with E-state index in [0.29, 0.717) is 25.4 Å². The van der Waals surface area contributed by atoms with E-state index in [0.717, 1.165) is 31.2 Å². The summed E-state index contributed by atoms with van der Waals surface area (Å²) >= 11 is 0. The smallest absolute Gasteiger partial charge is 0.222 e. The monoisotopic (exact) mass is 286 g/mol. The van der Waals surface area contributed by atoms with Gasteiger partial charge >= 0.3 is 0 Å². The molecule has 1 atom stereocenters. The number of piperidine rings is 1. The zero-order chi connectivity index (χ0) is 14.7. The summed E-state index contributed by atoms with van der Waals surface area (Å²) in [7, 11) is 0. The first-order chi connectivity index (χ1) is 10.2. The zero-order valence-corrected chi connectivity index (χ0v) is 12.3. The second-order valence-electron chi connectivity index (χ2n) is 6.33. The summed E-state index contributed by atoms with van der Waals surface area (Å²) in [6, 6.07) is 6.21. The molecule has 1 aliphatic carbocycles. The van der Waals surface area contributed by atoms with E-state index in [4.69, 9.17) is 0 Å². The van der Waals surface area contributed by atoms with E-state index >= 15 is 0 Å². The number of aromatic nitrogens is 1. The number of pyridine rings is 1. The summed E-state index contributed by atoms with van der Waals surface area (Å²) < 4.78 is 0. The Morgan fingerprint density at radius 2 is 2.14 bits per heavy atom. The molecule has 2 fully saturated rings. The maximum atomic E-state index is 12.3. The van der Waals surface area contributed by atoms with Crippen LogP contribution in [0.1, 0.15) is 50.6 Å². The van der Waals surface area contributed by atoms with Crippen LogP contribution in [0.5, 0.6) is 0 Å². The lowest BCUT2D eigenvalue weighted by Crippen LogP contribution is -2.52. The molecular weight excluding hydrogens is 264 g/mol. The van der Waals surface area contributed by atoms with E-state index in [-0.39, 0.29) is 11.3 Å². The van der Waals surface area contributed by atoms with Gasteiger partial charge in [0.05, 0.1) is 0 Å². The molecule has 1 saturated carbocycles. The molecule has 2 aliphatic rings. The van der Waals surface area contributed by atoms with Gasteiger partial charge < -0.3 is 9.69 Å². The molecule has 1 unspecified atom stereocenters. The highest BCUT2D eigenvalue weighted by atomic mass is 16.2. The molecule has 1 aromatic rings. The van der Waals surface area contributed by atoms with Gasteiger partial charge in [-0.25, -0.2) is 0 Å². The van der Waals surface area contributed by atoms with Crippen LogP contribution in [0.25, 0.3) is 0 Å². The van der Waals surface area contributed by atoms with Crippen LogP contribution in [0.4, 0.5) is 0 Å². The summed E-state index contributed by atoms with van der Waals surface area (Å²) in [5.74, 6) is 0.249. The largest absolute Gasteiger partial charge is 0.339 e. The van der Waals surface area contributed by atoms with Gasteiger partial charge in [-0.05, 0) is 31.4 Å². The van der Waals surface area contributed by atoms with Crippen molar-refractivity contribution in [2.45, 2.75) is 56.4 Å². The fraction of sp³-hybridized carbons (Fsp3) is 0.588. The van der Waals surface area contributed by atoms with Gasteiger partial charge in [-0.15, -0.1) is 0 Å². The molecule has 0 spiro atoms. The fourth-order valence-corrected chi connectivity index (χ4v) is 3.85. The van der Waals surface area contributed by atoms with Crippen molar-refractivity contribution in [2.75, 3.05) is 6.54 Å². The van der Waals surface area contributed by atoms with E-state index < -0.39 is 0 Å². The molecule has 4 heteroatoms. The SMILES string of the molecule is O=CCC1(c2ccccn2)CCC(=O)N(C2CCCC2)C1. The van der Waals surface area contributed by atoms with E-state index in [1.165, 1.54) is 12.8 Å². The topological polar surface area (TPSA) is 50.3 Å². The molecule has 0 aromatic carbocycles. The minimum absolute atomic E-state index is 0.249. The van der Waals surface area contributed by atoms with Gasteiger partial charge in [0.15, 0.2) is 0 Å². The third-order valence-corrected chi connectivity index (χ3v) is 5.06. The number of nitrogens with zero attached hydrogens (tertiary/aromatic N) is 2. The maximum absolute atomic E-state index is 12.3. The maximum Gasteiger partial charge on any atom is 0.222 e. The number of hydrogen-bond acceptors (Lipinski definition) is 3. The predicted octanol–water partition coefficient (Wildman–Crippen LogP) is 2.47. The molecule has 0 radical (unpaired) electrons. The molecule has 2 heterocycles. The molecular formula is C17H22N2O2. The number of carbonyl (C=O) groups excluding carboxylic acids is 2. The fourth-order valence-electron chi connectivity index (χ4n) is 3.85. The standard InChI is InChI=1S/C17H22N2O2/c20-12-10-17(15-7-3-4-11-18-15)9-8-16(21)19(13-17)14-5-1-2-6-14/h3-4,7,11-12,14H,1-2,5-6,8-10,13H2. The molecule has 4 nitrogen and oxygen atoms in total. The summed E-state index contributed by atoms with van der Waals surface area (Å²) in [5.41, 5.74) is 0.659. The molecule has 112 valence electrons. The first-order valence-electron chi connectivity index (χ1n) is 7.90. The lowest BCUT2D eigenvalue weighted by Gasteiger charge is -2.44. The second-order valence-corrected chi connectivity index (χ2v) is 6.33. The van der Waals surface area contributed by atoms with Crippen LogP contribution in [-0.4, -0.2) is 34.7 Å². The highest BCUT2D eigenvalue weighted by Gasteiger charge is 2.43. The summed E-state index contributed by atoms with van der Waals surface area (Å²) in [5, 5.41) is 0. The lowest BCUT2D eigenvalue weighted by atomic mass is 9.74. The molecule has 1 aromatic heterocycles. The lowest BCUT2D eigenvalue weighted by molar-refractivity contribution is -0.139. The normalized spacial score (nSPS) is 27.0. The Labute approximate surface area is 125 Å². The number of carbonyl (C=O) groups is 2. The summed E-state index contributed by atoms with van der Waals surface area (Å²) in [6.45, 7) is 0.645. The van der Waals surface area contributed by atoms with Gasteiger partial charge in [-0.3, -0.25) is 9.78 Å². The zero-order valence-electron chi connectivity index (χ0n) is 12.3. The Bertz CT molecular complexity index is 511. The van der Waals surface area contributed by atoms with Crippen LogP contribution in [0, 0.1) is 0 Å². The Balaban J connectivity index is 1.89. The summed E-state index contributed by atoms with van der Waals surface area (Å²) in [4.78, 5) is 30.1. The molecule has 0 bridgehead atoms. The van der Waals surface area contributed by atoms with Crippen molar-refractivity contribution in [1.82, 2.24) is 9.88 Å². The number of hydrogen-bond donors (Lipinski definition) is 0. The van der Waals surface area contributed by atoms with E-state index in [2.05, 4.69) is 4.98 Å². The van der Waals surface area contributed by atoms with Crippen molar-refractivity contribution in [3.05, 3.63) is 30.1 Å². The van der Waals surface area contributed by atoms with E-state index in [1.54, 1.807) is 6.20 Å². The molecule has 21 heavy (non-hydrogen) atoms. The predicted molar refractivity (Wildman–Crippen MR) is 79.8 cm³/mol. The van der Waals surface area contributed by atoms with Crippen molar-refractivity contribution < 1.29 is 9.59 Å². The number of amides is 1. The van der Waals surface area contributed by atoms with Gasteiger partial charge in [0.2, 0.25) is 5.91 Å². The Kier molecular flexibility index (Phi) is 4.04. The molecule has 1 amide bonds. The van der Waals surface area contributed by atoms with Gasteiger partial charge in [-0.1, -0.05) is 18.9 Å². The van der Waals surface area contributed by atoms with Crippen LogP contribution in [0.3, 0.4) is 0 Å². The molecule has 3 rings (SSSR count). The minimum Gasteiger partial charge on any atom is -0.339 e. The van der Waals surface area contributed by atoms with E-state index in [1.807, 2.05) is 23.1 Å². The van der Waals surface area contributed by atoms with Gasteiger partial charge in [0.25, 0.3) is 0 Å². The molecule has 0 N–H and O–H groups in total. The highest BCUT2D eigenvalue weighted by molar-refractivity contribution is 5.78. The third kappa shape index (κ3) is 2.71. The highest BCUT2D eigenvalue weighted by Crippen LogP contribution is 2.38. The second kappa shape index (κ2) is 5.96. The molecule has 1 aliphatic heterocycles. The van der Waals surface area contributed by atoms with Crippen molar-refractivity contribution in [3.63, 3.8) is 0 Å². The van der Waals surface area contributed by atoms with Gasteiger partial charge in [0, 0.05) is 42.7 Å². The van der Waals surface area contributed by atoms with Crippen LogP contribution in [-0.2, 0) is 15.0 Å². The number of rotatable bonds is 4. The van der Waals surface area contributed by atoms with Crippen LogP contribution >= 0.6 is 0 Å². The Morgan fingerprint density at radius 3 is 2.81 bits per heavy atom. The van der Waals surface area contributed by atoms with E-state index in [9.17, 15) is 9.59 Å². The average Bonchev–Trinajstić information content (AvgIpc) is 3.05. The van der Waals surface area contributed by atoms with Crippen LogP contribution < -0.4 is 0 Å². The van der Waals surface area contributed by atoms with Crippen LogP contribution in [0.2, 0.25) is 0 Å². The van der Waals surface area contributed by atoms with Crippen LogP contribution in [0.15, 0.2) is 24.4 Å². The van der Waals surface area contributed by atoms with Crippen molar-refractivity contribution >= 4 is 12.2 Å². The Hall–Kier alpha value is -1.71. The Morgan fingerprint density at radius 1 is 1.33 bits per heavy atom. The van der Waals surface area contributed by atoms with Gasteiger partial charge in [0.1, 0.15) is 6.29 Å². The number of aldehydes is 1. The number of likely N-dealkylation sites (tertiary alicyclic amines) is 1. The minimum atomic E-state index is -0.292. The average molecular weight is 286 g/mol. The first-order valence-corrected chi connectivity index (χ1v) is 7.90. The van der Waals surface area contributed by atoms with Gasteiger partial charge in [-0.2, -0.15) is 0 Å². The van der Waals surface area contributed by atoms with Crippen molar-refractivity contribution in [3.8, 4) is 0 Å². The summed E-state index contributed by atoms with van der Waals surface area (Å²) in [6.07, 6.45) is 9.08. The van der Waals surface area contributed by atoms with Crippen molar-refractivity contribution in [2.24, 2.45) is 0 Å². The quantitative estimate of drug-likeness (QED) is 0.799. The van der Waals surface area contributed by atoms with Crippen molar-refractivity contribution in [1.29, 1.82) is 0 Å². The first kappa shape index (κ1) is 14.2. The third-order valence-electron chi connectivity index (χ3n) is 5.06. The molecule has 1 saturated heterocycles.